The van der Waals surface area contributed by atoms with Gasteiger partial charge in [0.1, 0.15) is 0 Å². The lowest BCUT2D eigenvalue weighted by atomic mass is 10.4. The van der Waals surface area contributed by atoms with Crippen LogP contribution >= 0.6 is 22.9 Å². The van der Waals surface area contributed by atoms with Crippen LogP contribution in [0.25, 0.3) is 0 Å². The van der Waals surface area contributed by atoms with Crippen LogP contribution in [0.5, 0.6) is 0 Å². The van der Waals surface area contributed by atoms with Gasteiger partial charge in [-0.05, 0) is 0 Å². The molecule has 0 fully saturated rings. The SMILES string of the molecule is ClCCc1cn(Cc2cscn2)nn1. The van der Waals surface area contributed by atoms with Gasteiger partial charge in [0.25, 0.3) is 0 Å². The van der Waals surface area contributed by atoms with Gasteiger partial charge in [-0.3, -0.25) is 0 Å². The van der Waals surface area contributed by atoms with Crippen molar-refractivity contribution in [3.8, 4) is 0 Å². The average Bonchev–Trinajstić information content (AvgIpc) is 2.79. The Kier molecular flexibility index (Phi) is 3.10. The number of alkyl halides is 1. The predicted octanol–water partition coefficient (Wildman–Crippen LogP) is 1.56. The summed E-state index contributed by atoms with van der Waals surface area (Å²) < 4.78 is 1.77. The summed E-state index contributed by atoms with van der Waals surface area (Å²) in [6.45, 7) is 0.679. The third-order valence-corrected chi connectivity index (χ3v) is 2.57. The second-order valence-corrected chi connectivity index (χ2v) is 3.92. The number of aromatic nitrogens is 4. The van der Waals surface area contributed by atoms with Crippen LogP contribution in [0.15, 0.2) is 17.1 Å². The molecule has 74 valence electrons. The van der Waals surface area contributed by atoms with Crippen molar-refractivity contribution in [3.05, 3.63) is 28.5 Å². The summed E-state index contributed by atoms with van der Waals surface area (Å²) in [5.41, 5.74) is 3.75. The number of hydrogen-bond acceptors (Lipinski definition) is 4. The van der Waals surface area contributed by atoms with E-state index in [0.717, 1.165) is 17.8 Å². The third-order valence-electron chi connectivity index (χ3n) is 1.74. The normalized spacial score (nSPS) is 10.6. The summed E-state index contributed by atoms with van der Waals surface area (Å²) in [6, 6.07) is 0. The molecule has 0 unspecified atom stereocenters. The summed E-state index contributed by atoms with van der Waals surface area (Å²) in [6.07, 6.45) is 2.67. The minimum atomic E-state index is 0.579. The Hall–Kier alpha value is -0.940. The van der Waals surface area contributed by atoms with Crippen molar-refractivity contribution < 1.29 is 0 Å². The van der Waals surface area contributed by atoms with Gasteiger partial charge in [0.2, 0.25) is 0 Å². The van der Waals surface area contributed by atoms with Crippen molar-refractivity contribution in [2.75, 3.05) is 5.88 Å². The standard InChI is InChI=1S/C8H9ClN4S/c9-2-1-7-3-13(12-11-7)4-8-5-14-6-10-8/h3,5-6H,1-2,4H2. The van der Waals surface area contributed by atoms with Crippen LogP contribution in [0.1, 0.15) is 11.4 Å². The van der Waals surface area contributed by atoms with Gasteiger partial charge in [-0.2, -0.15) is 0 Å². The van der Waals surface area contributed by atoms with E-state index in [1.165, 1.54) is 0 Å². The Morgan fingerprint density at radius 2 is 2.36 bits per heavy atom. The number of thiazole rings is 1. The molecule has 0 spiro atoms. The maximum atomic E-state index is 5.60. The largest absolute Gasteiger partial charge is 0.248 e. The van der Waals surface area contributed by atoms with Gasteiger partial charge in [-0.25, -0.2) is 9.67 Å². The number of halogens is 1. The van der Waals surface area contributed by atoms with Crippen molar-refractivity contribution in [1.82, 2.24) is 20.0 Å². The summed E-state index contributed by atoms with van der Waals surface area (Å²) in [5, 5.41) is 9.98. The highest BCUT2D eigenvalue weighted by Crippen LogP contribution is 2.03. The molecule has 2 aromatic heterocycles. The van der Waals surface area contributed by atoms with Gasteiger partial charge in [-0.1, -0.05) is 5.21 Å². The van der Waals surface area contributed by atoms with Crippen molar-refractivity contribution in [2.24, 2.45) is 0 Å². The zero-order valence-corrected chi connectivity index (χ0v) is 9.00. The number of nitrogens with zero attached hydrogens (tertiary/aromatic N) is 4. The van der Waals surface area contributed by atoms with Crippen molar-refractivity contribution in [3.63, 3.8) is 0 Å². The van der Waals surface area contributed by atoms with Crippen LogP contribution in [-0.2, 0) is 13.0 Å². The summed E-state index contributed by atoms with van der Waals surface area (Å²) in [7, 11) is 0. The lowest BCUT2D eigenvalue weighted by molar-refractivity contribution is 0.640. The lowest BCUT2D eigenvalue weighted by Gasteiger charge is -1.93. The van der Waals surface area contributed by atoms with Gasteiger partial charge in [0, 0.05) is 23.9 Å². The fourth-order valence-electron chi connectivity index (χ4n) is 1.11. The van der Waals surface area contributed by atoms with E-state index in [1.807, 2.05) is 17.1 Å². The maximum Gasteiger partial charge on any atom is 0.0857 e. The van der Waals surface area contributed by atoms with E-state index in [2.05, 4.69) is 15.3 Å². The Morgan fingerprint density at radius 1 is 1.43 bits per heavy atom. The molecule has 0 N–H and O–H groups in total. The van der Waals surface area contributed by atoms with E-state index < -0.39 is 0 Å². The summed E-state index contributed by atoms with van der Waals surface area (Å²) >= 11 is 7.18. The van der Waals surface area contributed by atoms with Crippen LogP contribution in [0, 0.1) is 0 Å². The first kappa shape index (κ1) is 9.61. The van der Waals surface area contributed by atoms with Gasteiger partial charge in [0.15, 0.2) is 0 Å². The fourth-order valence-corrected chi connectivity index (χ4v) is 1.85. The monoisotopic (exact) mass is 228 g/mol. The van der Waals surface area contributed by atoms with Gasteiger partial charge >= 0.3 is 0 Å². The molecule has 2 aromatic rings. The Bertz CT molecular complexity index is 384. The zero-order chi connectivity index (χ0) is 9.80. The molecule has 0 saturated heterocycles. The molecule has 2 heterocycles. The maximum absolute atomic E-state index is 5.60. The Balaban J connectivity index is 2.03. The molecule has 0 atom stereocenters. The van der Waals surface area contributed by atoms with Gasteiger partial charge < -0.3 is 0 Å². The molecule has 4 nitrogen and oxygen atoms in total. The van der Waals surface area contributed by atoms with Crippen LogP contribution in [0.4, 0.5) is 0 Å². The van der Waals surface area contributed by atoms with E-state index in [9.17, 15) is 0 Å². The van der Waals surface area contributed by atoms with Crippen LogP contribution in [0.3, 0.4) is 0 Å². The molecule has 14 heavy (non-hydrogen) atoms. The molecule has 0 amide bonds. The van der Waals surface area contributed by atoms with E-state index in [4.69, 9.17) is 11.6 Å². The first-order chi connectivity index (χ1) is 6.88. The molecule has 0 saturated carbocycles. The molecule has 0 aliphatic rings. The number of hydrogen-bond donors (Lipinski definition) is 0. The quantitative estimate of drug-likeness (QED) is 0.746. The minimum absolute atomic E-state index is 0.579. The molecule has 0 aliphatic heterocycles. The predicted molar refractivity (Wildman–Crippen MR) is 55.7 cm³/mol. The summed E-state index contributed by atoms with van der Waals surface area (Å²) in [5.74, 6) is 0.579. The van der Waals surface area contributed by atoms with Crippen molar-refractivity contribution in [2.45, 2.75) is 13.0 Å². The lowest BCUT2D eigenvalue weighted by Crippen LogP contribution is -2.00. The third kappa shape index (κ3) is 2.30. The zero-order valence-electron chi connectivity index (χ0n) is 7.43. The van der Waals surface area contributed by atoms with Crippen molar-refractivity contribution in [1.29, 1.82) is 0 Å². The smallest absolute Gasteiger partial charge is 0.0857 e. The van der Waals surface area contributed by atoms with E-state index in [0.29, 0.717) is 12.4 Å². The van der Waals surface area contributed by atoms with Gasteiger partial charge in [0.05, 0.1) is 23.4 Å². The van der Waals surface area contributed by atoms with Crippen LogP contribution in [-0.4, -0.2) is 25.9 Å². The highest BCUT2D eigenvalue weighted by Gasteiger charge is 2.01. The Labute approximate surface area is 90.5 Å². The minimum Gasteiger partial charge on any atom is -0.248 e. The molecule has 6 heteroatoms. The summed E-state index contributed by atoms with van der Waals surface area (Å²) in [4.78, 5) is 4.17. The molecule has 0 aromatic carbocycles. The molecule has 0 bridgehead atoms. The molecular formula is C8H9ClN4S. The fraction of sp³-hybridized carbons (Fsp3) is 0.375. The topological polar surface area (TPSA) is 43.6 Å². The van der Waals surface area contributed by atoms with E-state index in [1.54, 1.807) is 16.0 Å². The second-order valence-electron chi connectivity index (χ2n) is 2.83. The first-order valence-electron chi connectivity index (χ1n) is 4.20. The number of aryl methyl sites for hydroxylation is 1. The molecule has 0 radical (unpaired) electrons. The molecule has 2 rings (SSSR count). The second kappa shape index (κ2) is 4.52. The van der Waals surface area contributed by atoms with Crippen LogP contribution < -0.4 is 0 Å². The van der Waals surface area contributed by atoms with E-state index >= 15 is 0 Å². The average molecular weight is 229 g/mol. The number of rotatable bonds is 4. The molecular weight excluding hydrogens is 220 g/mol. The van der Waals surface area contributed by atoms with Gasteiger partial charge in [-0.15, -0.1) is 28.0 Å². The highest BCUT2D eigenvalue weighted by atomic mass is 35.5. The first-order valence-corrected chi connectivity index (χ1v) is 5.68. The van der Waals surface area contributed by atoms with Crippen LogP contribution in [0.2, 0.25) is 0 Å². The Morgan fingerprint density at radius 3 is 3.07 bits per heavy atom. The highest BCUT2D eigenvalue weighted by molar-refractivity contribution is 7.07. The van der Waals surface area contributed by atoms with E-state index in [-0.39, 0.29) is 0 Å². The van der Waals surface area contributed by atoms with Crippen molar-refractivity contribution >= 4 is 22.9 Å². The molecule has 0 aliphatic carbocycles.